The summed E-state index contributed by atoms with van der Waals surface area (Å²) < 4.78 is 32.9. The molecule has 0 aromatic carbocycles. The maximum Gasteiger partial charge on any atom is 1.00 e. The first-order valence-electron chi connectivity index (χ1n) is 9.14. The Morgan fingerprint density at radius 2 is 1.70 bits per heavy atom. The van der Waals surface area contributed by atoms with Crippen LogP contribution in [0.15, 0.2) is 0 Å². The van der Waals surface area contributed by atoms with E-state index in [9.17, 15) is 17.8 Å². The molecule has 1 rings (SSSR count). The fourth-order valence-electron chi connectivity index (χ4n) is 4.31. The zero-order valence-electron chi connectivity index (χ0n) is 18.4. The molecular weight excluding hydrogens is 379 g/mol. The van der Waals surface area contributed by atoms with Crippen LogP contribution in [-0.2, 0) is 19.8 Å². The van der Waals surface area contributed by atoms with Gasteiger partial charge in [0, 0.05) is 16.6 Å². The number of hydrogen-bond donors (Lipinski definition) is 1. The molecule has 0 saturated carbocycles. The molecule has 0 aromatic heterocycles. The van der Waals surface area contributed by atoms with E-state index in [1.54, 1.807) is 6.92 Å². The molecule has 1 fully saturated rings. The maximum absolute atomic E-state index is 12.4. The molecule has 1 heterocycles. The number of hydrogen-bond acceptors (Lipinski definition) is 6. The molecule has 154 valence electrons. The second kappa shape index (κ2) is 9.41. The summed E-state index contributed by atoms with van der Waals surface area (Å²) in [5.41, 5.74) is -1.41. The van der Waals surface area contributed by atoms with Gasteiger partial charge in [-0.1, -0.05) is 13.8 Å². The SMILES string of the molecule is CC1CC(C)(C)N(OCC(C)C(=O)NC(C)(C)CS(=O)(=O)[O-])C(C)(C)C1.[Na+]. The fourth-order valence-corrected chi connectivity index (χ4v) is 5.27. The third kappa shape index (κ3) is 8.68. The Balaban J connectivity index is 0.00000676. The summed E-state index contributed by atoms with van der Waals surface area (Å²) in [6.07, 6.45) is 2.01. The molecule has 1 amide bonds. The minimum atomic E-state index is -4.42. The number of hydroxylamine groups is 2. The Labute approximate surface area is 187 Å². The van der Waals surface area contributed by atoms with Crippen molar-refractivity contribution in [2.75, 3.05) is 12.4 Å². The van der Waals surface area contributed by atoms with E-state index in [-0.39, 0.29) is 53.1 Å². The van der Waals surface area contributed by atoms with Gasteiger partial charge in [0.2, 0.25) is 5.91 Å². The topological polar surface area (TPSA) is 98.8 Å². The smallest absolute Gasteiger partial charge is 0.748 e. The van der Waals surface area contributed by atoms with E-state index in [1.165, 1.54) is 13.8 Å². The molecule has 27 heavy (non-hydrogen) atoms. The average Bonchev–Trinajstić information content (AvgIpc) is 2.30. The van der Waals surface area contributed by atoms with E-state index >= 15 is 0 Å². The van der Waals surface area contributed by atoms with Gasteiger partial charge >= 0.3 is 29.6 Å². The molecule has 1 aliphatic heterocycles. The van der Waals surface area contributed by atoms with Crippen molar-refractivity contribution in [1.29, 1.82) is 0 Å². The van der Waals surface area contributed by atoms with Crippen LogP contribution in [0, 0.1) is 11.8 Å². The molecule has 1 atom stereocenters. The van der Waals surface area contributed by atoms with Crippen molar-refractivity contribution in [1.82, 2.24) is 10.4 Å². The zero-order chi connectivity index (χ0) is 20.6. The largest absolute Gasteiger partial charge is 1.00 e. The van der Waals surface area contributed by atoms with E-state index in [0.29, 0.717) is 5.92 Å². The van der Waals surface area contributed by atoms with Crippen molar-refractivity contribution in [2.24, 2.45) is 11.8 Å². The number of carbonyl (C=O) groups is 1. The minimum absolute atomic E-state index is 0. The average molecular weight is 415 g/mol. The molecule has 0 aliphatic carbocycles. The van der Waals surface area contributed by atoms with Gasteiger partial charge in [-0.2, -0.15) is 5.06 Å². The molecule has 1 N–H and O–H groups in total. The van der Waals surface area contributed by atoms with E-state index in [2.05, 4.69) is 39.9 Å². The Morgan fingerprint density at radius 3 is 2.11 bits per heavy atom. The van der Waals surface area contributed by atoms with Gasteiger partial charge in [0.15, 0.2) is 0 Å². The number of nitrogens with one attached hydrogen (secondary N) is 1. The van der Waals surface area contributed by atoms with Gasteiger partial charge in [-0.15, -0.1) is 0 Å². The minimum Gasteiger partial charge on any atom is -0.748 e. The van der Waals surface area contributed by atoms with E-state index in [4.69, 9.17) is 4.84 Å². The van der Waals surface area contributed by atoms with E-state index < -0.39 is 27.3 Å². The van der Waals surface area contributed by atoms with Crippen LogP contribution in [-0.4, -0.2) is 52.9 Å². The van der Waals surface area contributed by atoms with Gasteiger partial charge < -0.3 is 9.87 Å². The standard InChI is InChI=1S/C18H36N2O5S.Na/c1-13-9-17(5,6)20(18(7,8)10-13)25-11-14(2)15(21)19-16(3,4)12-26(22,23)24;/h13-14H,9-12H2,1-8H3,(H,19,21)(H,22,23,24);/q;+1/p-1. The summed E-state index contributed by atoms with van der Waals surface area (Å²) in [7, 11) is -4.42. The summed E-state index contributed by atoms with van der Waals surface area (Å²) >= 11 is 0. The quantitative estimate of drug-likeness (QED) is 0.436. The third-order valence-electron chi connectivity index (χ3n) is 4.70. The number of nitrogens with zero attached hydrogens (tertiary/aromatic N) is 1. The van der Waals surface area contributed by atoms with Crippen LogP contribution in [0.25, 0.3) is 0 Å². The second-order valence-corrected chi connectivity index (χ2v) is 11.1. The van der Waals surface area contributed by atoms with Gasteiger partial charge in [0.05, 0.1) is 28.4 Å². The summed E-state index contributed by atoms with van der Waals surface area (Å²) in [5, 5.41) is 4.63. The molecule has 0 aromatic rings. The monoisotopic (exact) mass is 414 g/mol. The van der Waals surface area contributed by atoms with Crippen molar-refractivity contribution >= 4 is 16.0 Å². The third-order valence-corrected chi connectivity index (χ3v) is 5.77. The fraction of sp³-hybridized carbons (Fsp3) is 0.944. The van der Waals surface area contributed by atoms with E-state index in [1.807, 2.05) is 5.06 Å². The van der Waals surface area contributed by atoms with Gasteiger partial charge in [0.1, 0.15) is 0 Å². The molecule has 0 radical (unpaired) electrons. The Hall–Kier alpha value is 0.300. The first-order valence-corrected chi connectivity index (χ1v) is 10.7. The number of carbonyl (C=O) groups excluding carboxylic acids is 1. The van der Waals surface area contributed by atoms with Gasteiger partial charge in [-0.25, -0.2) is 8.42 Å². The van der Waals surface area contributed by atoms with E-state index in [0.717, 1.165) is 12.8 Å². The molecule has 1 saturated heterocycles. The Morgan fingerprint density at radius 1 is 1.26 bits per heavy atom. The van der Waals surface area contributed by atoms with Crippen molar-refractivity contribution in [2.45, 2.75) is 84.8 Å². The van der Waals surface area contributed by atoms with Crippen molar-refractivity contribution in [3.05, 3.63) is 0 Å². The van der Waals surface area contributed by atoms with Crippen LogP contribution in [0.4, 0.5) is 0 Å². The van der Waals surface area contributed by atoms with Crippen LogP contribution < -0.4 is 34.9 Å². The predicted octanol–water partition coefficient (Wildman–Crippen LogP) is -0.713. The molecular formula is C18H35N2NaO5S. The Kier molecular flexibility index (Phi) is 9.51. The van der Waals surface area contributed by atoms with Crippen molar-refractivity contribution in [3.8, 4) is 0 Å². The normalized spacial score (nSPS) is 22.0. The van der Waals surface area contributed by atoms with Gasteiger partial charge in [-0.05, 0) is 60.3 Å². The molecule has 1 unspecified atom stereocenters. The van der Waals surface area contributed by atoms with Crippen molar-refractivity contribution in [3.63, 3.8) is 0 Å². The van der Waals surface area contributed by atoms with Gasteiger partial charge in [0.25, 0.3) is 0 Å². The van der Waals surface area contributed by atoms with Crippen LogP contribution in [0.5, 0.6) is 0 Å². The number of rotatable bonds is 7. The van der Waals surface area contributed by atoms with Gasteiger partial charge in [-0.3, -0.25) is 9.63 Å². The van der Waals surface area contributed by atoms with Crippen LogP contribution in [0.3, 0.4) is 0 Å². The molecule has 0 spiro atoms. The summed E-state index contributed by atoms with van der Waals surface area (Å²) in [6.45, 7) is 15.7. The number of piperidine rings is 1. The molecule has 9 heteroatoms. The van der Waals surface area contributed by atoms with Crippen LogP contribution in [0.1, 0.15) is 68.2 Å². The Bertz CT molecular complexity index is 601. The first-order chi connectivity index (χ1) is 11.5. The first kappa shape index (κ1) is 27.3. The van der Waals surface area contributed by atoms with Crippen LogP contribution >= 0.6 is 0 Å². The maximum atomic E-state index is 12.4. The second-order valence-electron chi connectivity index (χ2n) is 9.70. The molecule has 7 nitrogen and oxygen atoms in total. The number of amides is 1. The summed E-state index contributed by atoms with van der Waals surface area (Å²) in [5.74, 6) is -0.867. The molecule has 0 bridgehead atoms. The van der Waals surface area contributed by atoms with Crippen molar-refractivity contribution < 1.29 is 52.2 Å². The predicted molar refractivity (Wildman–Crippen MR) is 100 cm³/mol. The molecule has 1 aliphatic rings. The summed E-state index contributed by atoms with van der Waals surface area (Å²) in [6, 6.07) is 0. The summed E-state index contributed by atoms with van der Waals surface area (Å²) in [4.78, 5) is 18.4. The zero-order valence-corrected chi connectivity index (χ0v) is 21.2. The van der Waals surface area contributed by atoms with Crippen LogP contribution in [0.2, 0.25) is 0 Å².